The molecule has 1 rings (SSSR count). The molecule has 114 valence electrons. The molecule has 1 amide bonds. The van der Waals surface area contributed by atoms with Crippen molar-refractivity contribution in [2.45, 2.75) is 30.2 Å². The van der Waals surface area contributed by atoms with Crippen molar-refractivity contribution in [3.05, 3.63) is 30.3 Å². The quantitative estimate of drug-likeness (QED) is 0.473. The van der Waals surface area contributed by atoms with Gasteiger partial charge in [0, 0.05) is 11.3 Å². The minimum atomic E-state index is -1.38. The Labute approximate surface area is 126 Å². The van der Waals surface area contributed by atoms with Crippen molar-refractivity contribution in [1.82, 2.24) is 5.32 Å². The number of hydrogen-bond donors (Lipinski definition) is 3. The maximum Gasteiger partial charge on any atom is 0.326 e. The van der Waals surface area contributed by atoms with Crippen LogP contribution >= 0.6 is 11.8 Å². The number of thioether (sulfide) groups is 1. The molecule has 21 heavy (non-hydrogen) atoms. The average molecular weight is 311 g/mol. The molecule has 3 N–H and O–H groups in total. The maximum absolute atomic E-state index is 11.6. The molecule has 0 aliphatic rings. The number of hydrogen-bond acceptors (Lipinski definition) is 4. The molecule has 0 aliphatic carbocycles. The molecule has 0 spiro atoms. The second-order valence-electron chi connectivity index (χ2n) is 4.32. The number of amides is 1. The van der Waals surface area contributed by atoms with Gasteiger partial charge < -0.3 is 15.5 Å². The van der Waals surface area contributed by atoms with E-state index in [1.165, 1.54) is 0 Å². The summed E-state index contributed by atoms with van der Waals surface area (Å²) in [6, 6.07) is 8.34. The van der Waals surface area contributed by atoms with Gasteiger partial charge in [0.25, 0.3) is 0 Å². The zero-order valence-corrected chi connectivity index (χ0v) is 12.1. The Morgan fingerprint density at radius 2 is 1.81 bits per heavy atom. The molecule has 0 aliphatic heterocycles. The lowest BCUT2D eigenvalue weighted by Crippen LogP contribution is -2.42. The Morgan fingerprint density at radius 3 is 2.38 bits per heavy atom. The smallest absolute Gasteiger partial charge is 0.326 e. The van der Waals surface area contributed by atoms with Gasteiger partial charge in [-0.15, -0.1) is 11.8 Å². The normalized spacial score (nSPS) is 11.6. The highest BCUT2D eigenvalue weighted by Gasteiger charge is 2.22. The van der Waals surface area contributed by atoms with Gasteiger partial charge in [-0.1, -0.05) is 18.2 Å². The minimum Gasteiger partial charge on any atom is -0.481 e. The van der Waals surface area contributed by atoms with Gasteiger partial charge in [-0.05, 0) is 24.3 Å². The molecular formula is C14H17NO5S. The molecule has 0 radical (unpaired) electrons. The Kier molecular flexibility index (Phi) is 7.31. The molecule has 6 nitrogen and oxygen atoms in total. The van der Waals surface area contributed by atoms with Crippen LogP contribution in [0.3, 0.4) is 0 Å². The predicted molar refractivity (Wildman–Crippen MR) is 78.2 cm³/mol. The largest absolute Gasteiger partial charge is 0.481 e. The third-order valence-electron chi connectivity index (χ3n) is 2.57. The lowest BCUT2D eigenvalue weighted by atomic mass is 10.2. The first-order valence-corrected chi connectivity index (χ1v) is 7.39. The van der Waals surface area contributed by atoms with E-state index in [2.05, 4.69) is 5.32 Å². The van der Waals surface area contributed by atoms with E-state index in [9.17, 15) is 14.4 Å². The van der Waals surface area contributed by atoms with Crippen LogP contribution in [-0.4, -0.2) is 39.9 Å². The standard InChI is InChI=1S/C14H17NO5S/c16-12(15-11(14(19)20)9-13(17)18)7-4-8-21-10-5-2-1-3-6-10/h1-3,5-6,11H,4,7-9H2,(H,15,16)(H,17,18)(H,19,20). The topological polar surface area (TPSA) is 104 Å². The summed E-state index contributed by atoms with van der Waals surface area (Å²) in [5.41, 5.74) is 0. The van der Waals surface area contributed by atoms with Crippen LogP contribution in [-0.2, 0) is 14.4 Å². The first-order valence-electron chi connectivity index (χ1n) is 6.41. The zero-order valence-electron chi connectivity index (χ0n) is 11.3. The summed E-state index contributed by atoms with van der Waals surface area (Å²) in [5, 5.41) is 19.6. The average Bonchev–Trinajstić information content (AvgIpc) is 2.43. The van der Waals surface area contributed by atoms with Crippen molar-refractivity contribution in [2.24, 2.45) is 0 Å². The molecule has 1 unspecified atom stereocenters. The summed E-state index contributed by atoms with van der Waals surface area (Å²) in [6.07, 6.45) is 0.133. The minimum absolute atomic E-state index is 0.170. The lowest BCUT2D eigenvalue weighted by Gasteiger charge is -2.12. The number of nitrogens with one attached hydrogen (secondary N) is 1. The van der Waals surface area contributed by atoms with Crippen molar-refractivity contribution in [1.29, 1.82) is 0 Å². The van der Waals surface area contributed by atoms with Gasteiger partial charge in [-0.3, -0.25) is 9.59 Å². The third kappa shape index (κ3) is 7.36. The van der Waals surface area contributed by atoms with Gasteiger partial charge >= 0.3 is 11.9 Å². The number of aliphatic carboxylic acids is 2. The van der Waals surface area contributed by atoms with Crippen molar-refractivity contribution >= 4 is 29.6 Å². The number of carbonyl (C=O) groups is 3. The number of carboxylic acid groups (broad SMARTS) is 2. The highest BCUT2D eigenvalue weighted by molar-refractivity contribution is 7.99. The SMILES string of the molecule is O=C(O)CC(NC(=O)CCCSc1ccccc1)C(=O)O. The van der Waals surface area contributed by atoms with Crippen LogP contribution in [0.1, 0.15) is 19.3 Å². The van der Waals surface area contributed by atoms with Gasteiger partial charge in [-0.2, -0.15) is 0 Å². The fraction of sp³-hybridized carbons (Fsp3) is 0.357. The monoisotopic (exact) mass is 311 g/mol. The van der Waals surface area contributed by atoms with Gasteiger partial charge in [0.05, 0.1) is 6.42 Å². The molecule has 1 aromatic carbocycles. The van der Waals surface area contributed by atoms with Gasteiger partial charge in [0.15, 0.2) is 0 Å². The lowest BCUT2D eigenvalue weighted by molar-refractivity contribution is -0.147. The highest BCUT2D eigenvalue weighted by Crippen LogP contribution is 2.18. The van der Waals surface area contributed by atoms with E-state index in [1.54, 1.807) is 11.8 Å². The molecule has 0 saturated carbocycles. The Hall–Kier alpha value is -2.02. The molecule has 1 aromatic rings. The number of carboxylic acids is 2. The van der Waals surface area contributed by atoms with Crippen molar-refractivity contribution < 1.29 is 24.6 Å². The van der Waals surface area contributed by atoms with Crippen LogP contribution in [0.15, 0.2) is 35.2 Å². The van der Waals surface area contributed by atoms with E-state index in [0.717, 1.165) is 10.6 Å². The second kappa shape index (κ2) is 9.02. The van der Waals surface area contributed by atoms with Crippen LogP contribution in [0.25, 0.3) is 0 Å². The van der Waals surface area contributed by atoms with E-state index in [1.807, 2.05) is 30.3 Å². The van der Waals surface area contributed by atoms with Crippen molar-refractivity contribution in [3.8, 4) is 0 Å². The molecule has 1 atom stereocenters. The Balaban J connectivity index is 2.26. The van der Waals surface area contributed by atoms with Crippen LogP contribution < -0.4 is 5.32 Å². The second-order valence-corrected chi connectivity index (χ2v) is 5.49. The van der Waals surface area contributed by atoms with E-state index >= 15 is 0 Å². The van der Waals surface area contributed by atoms with Crippen LogP contribution in [0.5, 0.6) is 0 Å². The fourth-order valence-electron chi connectivity index (χ4n) is 1.58. The predicted octanol–water partition coefficient (Wildman–Crippen LogP) is 1.60. The summed E-state index contributed by atoms with van der Waals surface area (Å²) in [4.78, 5) is 34.0. The molecule has 0 aromatic heterocycles. The Morgan fingerprint density at radius 1 is 1.14 bits per heavy atom. The number of benzene rings is 1. The molecule has 7 heteroatoms. The van der Waals surface area contributed by atoms with E-state index in [0.29, 0.717) is 6.42 Å². The van der Waals surface area contributed by atoms with E-state index in [4.69, 9.17) is 10.2 Å². The Bertz CT molecular complexity index is 491. The molecule has 0 fully saturated rings. The van der Waals surface area contributed by atoms with E-state index in [-0.39, 0.29) is 6.42 Å². The number of carbonyl (C=O) groups excluding carboxylic acids is 1. The molecule has 0 saturated heterocycles. The van der Waals surface area contributed by atoms with Crippen LogP contribution in [0.4, 0.5) is 0 Å². The van der Waals surface area contributed by atoms with E-state index < -0.39 is 30.3 Å². The summed E-state index contributed by atoms with van der Waals surface area (Å²) in [5.74, 6) is -2.32. The molecule has 0 heterocycles. The number of rotatable bonds is 9. The first-order chi connectivity index (χ1) is 9.99. The van der Waals surface area contributed by atoms with Crippen molar-refractivity contribution in [3.63, 3.8) is 0 Å². The third-order valence-corrected chi connectivity index (χ3v) is 3.67. The van der Waals surface area contributed by atoms with Crippen LogP contribution in [0.2, 0.25) is 0 Å². The van der Waals surface area contributed by atoms with Gasteiger partial charge in [0.1, 0.15) is 6.04 Å². The fourth-order valence-corrected chi connectivity index (χ4v) is 2.45. The summed E-state index contributed by atoms with van der Waals surface area (Å²) < 4.78 is 0. The zero-order chi connectivity index (χ0) is 15.7. The van der Waals surface area contributed by atoms with Gasteiger partial charge in [0.2, 0.25) is 5.91 Å². The molecular weight excluding hydrogens is 294 g/mol. The highest BCUT2D eigenvalue weighted by atomic mass is 32.2. The summed E-state index contributed by atoms with van der Waals surface area (Å²) in [6.45, 7) is 0. The summed E-state index contributed by atoms with van der Waals surface area (Å²) in [7, 11) is 0. The molecule has 0 bridgehead atoms. The maximum atomic E-state index is 11.6. The summed E-state index contributed by atoms with van der Waals surface area (Å²) >= 11 is 1.61. The van der Waals surface area contributed by atoms with Crippen molar-refractivity contribution in [2.75, 3.05) is 5.75 Å². The van der Waals surface area contributed by atoms with Gasteiger partial charge in [-0.25, -0.2) is 4.79 Å². The first kappa shape index (κ1) is 17.0. The van der Waals surface area contributed by atoms with Crippen LogP contribution in [0, 0.1) is 0 Å².